The van der Waals surface area contributed by atoms with Crippen LogP contribution < -0.4 is 0 Å². The average molecular weight is 285 g/mol. The molecular weight excluding hydrogens is 270 g/mol. The summed E-state index contributed by atoms with van der Waals surface area (Å²) in [5, 5.41) is 18.6. The second-order valence-corrected chi connectivity index (χ2v) is 5.98. The number of aliphatic hydroxyl groups excluding tert-OH is 1. The fourth-order valence-electron chi connectivity index (χ4n) is 2.08. The molecule has 20 heavy (non-hydrogen) atoms. The van der Waals surface area contributed by atoms with E-state index in [2.05, 4.69) is 24.2 Å². The predicted octanol–water partition coefficient (Wildman–Crippen LogP) is 3.03. The Morgan fingerprint density at radius 2 is 1.95 bits per heavy atom. The number of rotatable bonds is 3. The molecule has 1 N–H and O–H groups in total. The highest BCUT2D eigenvalue weighted by Crippen LogP contribution is 2.31. The lowest BCUT2D eigenvalue weighted by atomic mass is 10.2. The molecule has 0 fully saturated rings. The topological polar surface area (TPSA) is 50.9 Å². The number of thiophene rings is 1. The third-order valence-corrected chi connectivity index (χ3v) is 4.52. The molecule has 1 aromatic carbocycles. The number of nitrogens with zero attached hydrogens (tertiary/aromatic N) is 3. The molecule has 0 radical (unpaired) electrons. The summed E-state index contributed by atoms with van der Waals surface area (Å²) in [4.78, 5) is 2.14. The fourth-order valence-corrected chi connectivity index (χ4v) is 3.12. The zero-order chi connectivity index (χ0) is 14.1. The lowest BCUT2D eigenvalue weighted by Crippen LogP contribution is -2.07. The largest absolute Gasteiger partial charge is 0.381 e. The second-order valence-electron chi connectivity index (χ2n) is 4.70. The predicted molar refractivity (Wildman–Crippen MR) is 79.2 cm³/mol. The molecule has 2 aromatic heterocycles. The maximum atomic E-state index is 10.6. The molecule has 5 heteroatoms. The number of para-hydroxylation sites is 1. The van der Waals surface area contributed by atoms with Crippen LogP contribution >= 0.6 is 11.3 Å². The molecule has 1 atom stereocenters. The van der Waals surface area contributed by atoms with Crippen LogP contribution in [0.1, 0.15) is 27.1 Å². The first-order valence-electron chi connectivity index (χ1n) is 6.38. The van der Waals surface area contributed by atoms with Gasteiger partial charge in [0.05, 0.1) is 17.6 Å². The molecule has 0 spiro atoms. The normalized spacial score (nSPS) is 12.6. The number of aliphatic hydroxyl groups is 1. The second kappa shape index (κ2) is 5.19. The van der Waals surface area contributed by atoms with Gasteiger partial charge < -0.3 is 5.11 Å². The number of aromatic nitrogens is 3. The summed E-state index contributed by atoms with van der Waals surface area (Å²) < 4.78 is 1.68. The van der Waals surface area contributed by atoms with E-state index in [1.807, 2.05) is 36.4 Å². The Morgan fingerprint density at radius 3 is 2.60 bits per heavy atom. The van der Waals surface area contributed by atoms with Crippen molar-refractivity contribution >= 4 is 11.3 Å². The maximum absolute atomic E-state index is 10.6. The van der Waals surface area contributed by atoms with Gasteiger partial charge in [0.25, 0.3) is 0 Å². The molecule has 0 amide bonds. The van der Waals surface area contributed by atoms with E-state index < -0.39 is 6.10 Å². The molecule has 1 unspecified atom stereocenters. The molecular formula is C15H15N3OS. The van der Waals surface area contributed by atoms with E-state index in [9.17, 15) is 5.11 Å². The van der Waals surface area contributed by atoms with Crippen molar-refractivity contribution in [2.75, 3.05) is 0 Å². The summed E-state index contributed by atoms with van der Waals surface area (Å²) in [6, 6.07) is 11.7. The minimum atomic E-state index is -0.706. The van der Waals surface area contributed by atoms with E-state index in [4.69, 9.17) is 0 Å². The first-order valence-corrected chi connectivity index (χ1v) is 7.19. The van der Waals surface area contributed by atoms with E-state index >= 15 is 0 Å². The van der Waals surface area contributed by atoms with Crippen LogP contribution in [0.25, 0.3) is 5.69 Å². The van der Waals surface area contributed by atoms with Crippen LogP contribution in [0.2, 0.25) is 0 Å². The van der Waals surface area contributed by atoms with E-state index in [1.165, 1.54) is 10.4 Å². The molecule has 0 bridgehead atoms. The molecule has 0 aliphatic heterocycles. The van der Waals surface area contributed by atoms with Gasteiger partial charge in [-0.25, -0.2) is 4.68 Å². The van der Waals surface area contributed by atoms with Gasteiger partial charge in [-0.1, -0.05) is 23.4 Å². The van der Waals surface area contributed by atoms with Gasteiger partial charge in [0, 0.05) is 9.75 Å². The van der Waals surface area contributed by atoms with E-state index in [-0.39, 0.29) is 0 Å². The summed E-state index contributed by atoms with van der Waals surface area (Å²) >= 11 is 1.61. The summed E-state index contributed by atoms with van der Waals surface area (Å²) in [6.07, 6.45) is 0.907. The van der Waals surface area contributed by atoms with Gasteiger partial charge in [0.15, 0.2) is 0 Å². The van der Waals surface area contributed by atoms with Crippen LogP contribution in [0.4, 0.5) is 0 Å². The molecule has 0 aliphatic carbocycles. The summed E-state index contributed by atoms with van der Waals surface area (Å²) in [5.74, 6) is 0. The smallest absolute Gasteiger partial charge is 0.132 e. The Kier molecular flexibility index (Phi) is 3.38. The van der Waals surface area contributed by atoms with Crippen LogP contribution in [0.5, 0.6) is 0 Å². The molecule has 102 valence electrons. The molecule has 0 aliphatic rings. The molecule has 0 saturated heterocycles. The van der Waals surface area contributed by atoms with Crippen LogP contribution in [-0.4, -0.2) is 20.1 Å². The molecule has 0 saturated carbocycles. The van der Waals surface area contributed by atoms with Crippen molar-refractivity contribution in [3.05, 3.63) is 63.6 Å². The van der Waals surface area contributed by atoms with E-state index in [0.29, 0.717) is 5.69 Å². The highest BCUT2D eigenvalue weighted by Gasteiger charge is 2.19. The van der Waals surface area contributed by atoms with Crippen molar-refractivity contribution in [2.45, 2.75) is 20.0 Å². The zero-order valence-corrected chi connectivity index (χ0v) is 12.1. The van der Waals surface area contributed by atoms with Gasteiger partial charge in [-0.15, -0.1) is 16.4 Å². The highest BCUT2D eigenvalue weighted by atomic mass is 32.1. The molecule has 3 rings (SSSR count). The Balaban J connectivity index is 2.01. The van der Waals surface area contributed by atoms with Crippen LogP contribution in [0.15, 0.2) is 42.6 Å². The summed E-state index contributed by atoms with van der Waals surface area (Å²) in [5.41, 5.74) is 2.77. The maximum Gasteiger partial charge on any atom is 0.132 e. The average Bonchev–Trinajstić information content (AvgIpc) is 3.07. The van der Waals surface area contributed by atoms with Crippen molar-refractivity contribution in [1.29, 1.82) is 0 Å². The Hall–Kier alpha value is -1.98. The zero-order valence-electron chi connectivity index (χ0n) is 11.3. The molecule has 3 aromatic rings. The Bertz CT molecular complexity index is 698. The van der Waals surface area contributed by atoms with Gasteiger partial charge >= 0.3 is 0 Å². The lowest BCUT2D eigenvalue weighted by molar-refractivity contribution is 0.215. The standard InChI is InChI=1S/C15H15N3OS/c1-10-8-14(20-11(10)2)15(19)13-9-16-17-18(13)12-6-4-3-5-7-12/h3-9,15,19H,1-2H3. The number of hydrogen-bond acceptors (Lipinski definition) is 4. The Morgan fingerprint density at radius 1 is 1.20 bits per heavy atom. The van der Waals surface area contributed by atoms with Crippen molar-refractivity contribution in [2.24, 2.45) is 0 Å². The quantitative estimate of drug-likeness (QED) is 0.804. The fraction of sp³-hybridized carbons (Fsp3) is 0.200. The minimum absolute atomic E-state index is 0.678. The number of benzene rings is 1. The van der Waals surface area contributed by atoms with Crippen molar-refractivity contribution in [1.82, 2.24) is 15.0 Å². The van der Waals surface area contributed by atoms with Gasteiger partial charge in [-0.2, -0.15) is 0 Å². The third-order valence-electron chi connectivity index (χ3n) is 3.31. The van der Waals surface area contributed by atoms with Crippen LogP contribution in [0.3, 0.4) is 0 Å². The number of hydrogen-bond donors (Lipinski definition) is 1. The first-order chi connectivity index (χ1) is 9.66. The summed E-state index contributed by atoms with van der Waals surface area (Å²) in [6.45, 7) is 4.11. The third kappa shape index (κ3) is 2.26. The van der Waals surface area contributed by atoms with Gasteiger partial charge in [-0.3, -0.25) is 0 Å². The number of aryl methyl sites for hydroxylation is 2. The van der Waals surface area contributed by atoms with Crippen LogP contribution in [0, 0.1) is 13.8 Å². The molecule has 2 heterocycles. The van der Waals surface area contributed by atoms with Crippen molar-refractivity contribution in [3.63, 3.8) is 0 Å². The minimum Gasteiger partial charge on any atom is -0.381 e. The highest BCUT2D eigenvalue weighted by molar-refractivity contribution is 7.12. The van der Waals surface area contributed by atoms with Crippen LogP contribution in [-0.2, 0) is 0 Å². The Labute approximate surface area is 121 Å². The van der Waals surface area contributed by atoms with Gasteiger partial charge in [0.2, 0.25) is 0 Å². The summed E-state index contributed by atoms with van der Waals surface area (Å²) in [7, 11) is 0. The SMILES string of the molecule is Cc1cc(C(O)c2cnnn2-c2ccccc2)sc1C. The monoisotopic (exact) mass is 285 g/mol. The van der Waals surface area contributed by atoms with Gasteiger partial charge in [-0.05, 0) is 37.6 Å². The first kappa shape index (κ1) is 13.0. The molecule has 4 nitrogen and oxygen atoms in total. The van der Waals surface area contributed by atoms with E-state index in [1.54, 1.807) is 22.2 Å². The lowest BCUT2D eigenvalue weighted by Gasteiger charge is -2.10. The van der Waals surface area contributed by atoms with Crippen molar-refractivity contribution in [3.8, 4) is 5.69 Å². The van der Waals surface area contributed by atoms with E-state index in [0.717, 1.165) is 10.6 Å². The van der Waals surface area contributed by atoms with Crippen molar-refractivity contribution < 1.29 is 5.11 Å². The van der Waals surface area contributed by atoms with Gasteiger partial charge in [0.1, 0.15) is 6.10 Å².